The maximum atomic E-state index is 5.11. The van der Waals surface area contributed by atoms with E-state index in [1.807, 2.05) is 0 Å². The van der Waals surface area contributed by atoms with E-state index in [1.165, 1.54) is 38.5 Å². The molecule has 0 aromatic carbocycles. The van der Waals surface area contributed by atoms with E-state index in [9.17, 15) is 0 Å². The van der Waals surface area contributed by atoms with Gasteiger partial charge >= 0.3 is 0 Å². The first kappa shape index (κ1) is 12.9. The molecular weight excluding hydrogens is 190 g/mol. The van der Waals surface area contributed by atoms with Crippen LogP contribution in [-0.4, -0.2) is 33.6 Å². The molecule has 0 atom stereocenters. The smallest absolute Gasteiger partial charge is 0.169 e. The summed E-state index contributed by atoms with van der Waals surface area (Å²) in [6.07, 6.45) is 8.38. The lowest BCUT2D eigenvalue weighted by atomic mass is 9.87. The van der Waals surface area contributed by atoms with E-state index in [-0.39, 0.29) is 6.29 Å². The molecule has 0 saturated heterocycles. The Kier molecular flexibility index (Phi) is 6.98. The van der Waals surface area contributed by atoms with Crippen LogP contribution < -0.4 is 5.32 Å². The van der Waals surface area contributed by atoms with Gasteiger partial charge in [0.1, 0.15) is 0 Å². The summed E-state index contributed by atoms with van der Waals surface area (Å²) < 4.78 is 10.2. The van der Waals surface area contributed by atoms with E-state index in [0.717, 1.165) is 19.0 Å². The van der Waals surface area contributed by atoms with E-state index in [1.54, 1.807) is 14.2 Å². The van der Waals surface area contributed by atoms with Crippen LogP contribution in [0.2, 0.25) is 0 Å². The topological polar surface area (TPSA) is 30.5 Å². The van der Waals surface area contributed by atoms with Crippen molar-refractivity contribution in [3.8, 4) is 0 Å². The lowest BCUT2D eigenvalue weighted by molar-refractivity contribution is -0.0987. The highest BCUT2D eigenvalue weighted by molar-refractivity contribution is 4.66. The molecule has 1 aliphatic carbocycles. The van der Waals surface area contributed by atoms with Crippen LogP contribution >= 0.6 is 0 Å². The molecule has 0 aliphatic heterocycles. The highest BCUT2D eigenvalue weighted by Gasteiger charge is 2.12. The van der Waals surface area contributed by atoms with E-state index in [0.29, 0.717) is 0 Å². The van der Waals surface area contributed by atoms with Crippen LogP contribution in [0.15, 0.2) is 0 Å². The summed E-state index contributed by atoms with van der Waals surface area (Å²) in [6, 6.07) is 0. The molecule has 0 bridgehead atoms. The lowest BCUT2D eigenvalue weighted by Crippen LogP contribution is -2.31. The average Bonchev–Trinajstić information content (AvgIpc) is 2.31. The molecule has 0 aromatic rings. The Morgan fingerprint density at radius 1 is 1.13 bits per heavy atom. The minimum Gasteiger partial charge on any atom is -0.355 e. The van der Waals surface area contributed by atoms with Gasteiger partial charge in [-0.25, -0.2) is 0 Å². The zero-order valence-electron chi connectivity index (χ0n) is 10.1. The molecule has 3 nitrogen and oxygen atoms in total. The first-order valence-electron chi connectivity index (χ1n) is 6.13. The highest BCUT2D eigenvalue weighted by atomic mass is 16.7. The third-order valence-corrected chi connectivity index (χ3v) is 3.29. The molecule has 1 rings (SSSR count). The molecule has 90 valence electrons. The number of hydrogen-bond donors (Lipinski definition) is 1. The SMILES string of the molecule is COC(CNCCC1CCCCC1)OC. The maximum absolute atomic E-state index is 5.11. The van der Waals surface area contributed by atoms with Crippen LogP contribution in [0.1, 0.15) is 38.5 Å². The van der Waals surface area contributed by atoms with Crippen molar-refractivity contribution in [3.05, 3.63) is 0 Å². The van der Waals surface area contributed by atoms with Gasteiger partial charge in [-0.2, -0.15) is 0 Å². The second-order valence-electron chi connectivity index (χ2n) is 4.40. The van der Waals surface area contributed by atoms with Gasteiger partial charge < -0.3 is 14.8 Å². The van der Waals surface area contributed by atoms with Crippen LogP contribution in [0.3, 0.4) is 0 Å². The van der Waals surface area contributed by atoms with E-state index >= 15 is 0 Å². The quantitative estimate of drug-likeness (QED) is 0.521. The fourth-order valence-electron chi connectivity index (χ4n) is 2.26. The molecule has 0 unspecified atom stereocenters. The van der Waals surface area contributed by atoms with Crippen molar-refractivity contribution in [1.82, 2.24) is 5.32 Å². The predicted octanol–water partition coefficient (Wildman–Crippen LogP) is 2.17. The van der Waals surface area contributed by atoms with Crippen LogP contribution in [0.5, 0.6) is 0 Å². The number of methoxy groups -OCH3 is 2. The van der Waals surface area contributed by atoms with Gasteiger partial charge in [0.05, 0.1) is 0 Å². The van der Waals surface area contributed by atoms with Gasteiger partial charge in [-0.1, -0.05) is 32.1 Å². The van der Waals surface area contributed by atoms with Crippen LogP contribution in [0, 0.1) is 5.92 Å². The molecule has 15 heavy (non-hydrogen) atoms. The average molecular weight is 215 g/mol. The molecule has 0 aromatic heterocycles. The second kappa shape index (κ2) is 8.08. The third-order valence-electron chi connectivity index (χ3n) is 3.29. The van der Waals surface area contributed by atoms with E-state index in [4.69, 9.17) is 9.47 Å². The number of rotatable bonds is 7. The summed E-state index contributed by atoms with van der Waals surface area (Å²) in [5, 5.41) is 3.38. The second-order valence-corrected chi connectivity index (χ2v) is 4.40. The van der Waals surface area contributed by atoms with Crippen molar-refractivity contribution in [2.75, 3.05) is 27.3 Å². The van der Waals surface area contributed by atoms with Crippen LogP contribution in [0.4, 0.5) is 0 Å². The first-order chi connectivity index (χ1) is 7.36. The van der Waals surface area contributed by atoms with Crippen molar-refractivity contribution in [2.45, 2.75) is 44.8 Å². The van der Waals surface area contributed by atoms with Gasteiger partial charge in [0.2, 0.25) is 0 Å². The van der Waals surface area contributed by atoms with Crippen molar-refractivity contribution in [1.29, 1.82) is 0 Å². The molecule has 0 radical (unpaired) electrons. The Morgan fingerprint density at radius 2 is 1.80 bits per heavy atom. The summed E-state index contributed by atoms with van der Waals surface area (Å²) in [5.74, 6) is 0.954. The van der Waals surface area contributed by atoms with Crippen molar-refractivity contribution < 1.29 is 9.47 Å². The van der Waals surface area contributed by atoms with E-state index in [2.05, 4.69) is 5.32 Å². The Morgan fingerprint density at radius 3 is 2.40 bits per heavy atom. The largest absolute Gasteiger partial charge is 0.355 e. The molecule has 0 spiro atoms. The van der Waals surface area contributed by atoms with Gasteiger partial charge in [0.15, 0.2) is 6.29 Å². The summed E-state index contributed by atoms with van der Waals surface area (Å²) in [5.41, 5.74) is 0. The van der Waals surface area contributed by atoms with Crippen LogP contribution in [0.25, 0.3) is 0 Å². The molecular formula is C12H25NO2. The fraction of sp³-hybridized carbons (Fsp3) is 1.00. The molecule has 1 aliphatic rings. The summed E-state index contributed by atoms with van der Waals surface area (Å²) in [6.45, 7) is 1.88. The summed E-state index contributed by atoms with van der Waals surface area (Å²) in [4.78, 5) is 0. The third kappa shape index (κ3) is 5.50. The Bertz CT molecular complexity index is 143. The van der Waals surface area contributed by atoms with Crippen molar-refractivity contribution in [3.63, 3.8) is 0 Å². The van der Waals surface area contributed by atoms with Gasteiger partial charge in [-0.15, -0.1) is 0 Å². The molecule has 0 amide bonds. The zero-order valence-corrected chi connectivity index (χ0v) is 10.1. The molecule has 3 heteroatoms. The Hall–Kier alpha value is -0.120. The summed E-state index contributed by atoms with van der Waals surface area (Å²) in [7, 11) is 3.36. The normalized spacial score (nSPS) is 18.6. The Balaban J connectivity index is 1.95. The fourth-order valence-corrected chi connectivity index (χ4v) is 2.26. The standard InChI is InChI=1S/C12H25NO2/c1-14-12(15-2)10-13-9-8-11-6-4-3-5-7-11/h11-13H,3-10H2,1-2H3. The number of hydrogen-bond acceptors (Lipinski definition) is 3. The lowest BCUT2D eigenvalue weighted by Gasteiger charge is -2.22. The molecule has 1 saturated carbocycles. The zero-order chi connectivity index (χ0) is 10.9. The molecule has 1 N–H and O–H groups in total. The molecule has 1 fully saturated rings. The number of ether oxygens (including phenoxy) is 2. The van der Waals surface area contributed by atoms with Gasteiger partial charge in [-0.05, 0) is 18.9 Å². The van der Waals surface area contributed by atoms with Gasteiger partial charge in [-0.3, -0.25) is 0 Å². The van der Waals surface area contributed by atoms with E-state index < -0.39 is 0 Å². The van der Waals surface area contributed by atoms with Gasteiger partial charge in [0, 0.05) is 20.8 Å². The predicted molar refractivity (Wildman–Crippen MR) is 61.9 cm³/mol. The summed E-state index contributed by atoms with van der Waals surface area (Å²) >= 11 is 0. The molecule has 0 heterocycles. The van der Waals surface area contributed by atoms with Crippen molar-refractivity contribution in [2.24, 2.45) is 5.92 Å². The van der Waals surface area contributed by atoms with Gasteiger partial charge in [0.25, 0.3) is 0 Å². The number of nitrogens with one attached hydrogen (secondary N) is 1. The minimum atomic E-state index is -0.101. The monoisotopic (exact) mass is 215 g/mol. The first-order valence-corrected chi connectivity index (χ1v) is 6.13. The Labute approximate surface area is 93.5 Å². The van der Waals surface area contributed by atoms with Crippen molar-refractivity contribution >= 4 is 0 Å². The maximum Gasteiger partial charge on any atom is 0.169 e. The van der Waals surface area contributed by atoms with Crippen LogP contribution in [-0.2, 0) is 9.47 Å². The minimum absolute atomic E-state index is 0.101. The highest BCUT2D eigenvalue weighted by Crippen LogP contribution is 2.25.